The number of nitrogens with zero attached hydrogens (tertiary/aromatic N) is 1. The van der Waals surface area contributed by atoms with Gasteiger partial charge in [-0.3, -0.25) is 4.79 Å². The van der Waals surface area contributed by atoms with E-state index in [1.807, 2.05) is 18.9 Å². The number of ether oxygens (including phenoxy) is 1. The largest absolute Gasteiger partial charge is 0.376 e. The summed E-state index contributed by atoms with van der Waals surface area (Å²) in [5, 5.41) is 3.05. The topological polar surface area (TPSA) is 41.6 Å². The maximum absolute atomic E-state index is 12.1. The van der Waals surface area contributed by atoms with Gasteiger partial charge in [-0.25, -0.2) is 0 Å². The van der Waals surface area contributed by atoms with E-state index in [-0.39, 0.29) is 30.3 Å². The Bertz CT molecular complexity index is 262. The molecule has 0 spiro atoms. The van der Waals surface area contributed by atoms with Crippen LogP contribution in [0.2, 0.25) is 0 Å². The fourth-order valence-electron chi connectivity index (χ4n) is 2.24. The highest BCUT2D eigenvalue weighted by atomic mass is 35.5. The molecule has 1 rings (SSSR count). The number of hydrogen-bond donors (Lipinski definition) is 1. The van der Waals surface area contributed by atoms with Crippen molar-refractivity contribution in [3.8, 4) is 0 Å². The van der Waals surface area contributed by atoms with E-state index < -0.39 is 0 Å². The Kier molecular flexibility index (Phi) is 9.40. The number of carbonyl (C=O) groups is 1. The number of hydrogen-bond acceptors (Lipinski definition) is 3. The molecule has 0 aromatic rings. The second-order valence-corrected chi connectivity index (χ2v) is 5.71. The molecule has 2 atom stereocenters. The van der Waals surface area contributed by atoms with Crippen LogP contribution in [0.1, 0.15) is 33.6 Å². The molecule has 2 unspecified atom stereocenters. The molecule has 1 aliphatic rings. The minimum atomic E-state index is 0. The molecule has 0 saturated carbocycles. The Morgan fingerprint density at radius 2 is 2.11 bits per heavy atom. The first-order chi connectivity index (χ1) is 8.54. The molecule has 4 nitrogen and oxygen atoms in total. The Labute approximate surface area is 123 Å². The van der Waals surface area contributed by atoms with Gasteiger partial charge in [0, 0.05) is 32.2 Å². The predicted molar refractivity (Wildman–Crippen MR) is 80.7 cm³/mol. The van der Waals surface area contributed by atoms with E-state index in [1.54, 1.807) is 0 Å². The number of nitrogens with one attached hydrogen (secondary N) is 1. The zero-order valence-corrected chi connectivity index (χ0v) is 13.5. The summed E-state index contributed by atoms with van der Waals surface area (Å²) in [5.74, 6) is 0.989. The van der Waals surface area contributed by atoms with Crippen LogP contribution in [0.25, 0.3) is 0 Å². The van der Waals surface area contributed by atoms with E-state index in [4.69, 9.17) is 4.74 Å². The normalized spacial score (nSPS) is 20.5. The third-order valence-electron chi connectivity index (χ3n) is 3.44. The number of halogens is 1. The van der Waals surface area contributed by atoms with Crippen LogP contribution in [0.5, 0.6) is 0 Å². The van der Waals surface area contributed by atoms with Gasteiger partial charge in [-0.15, -0.1) is 12.4 Å². The Balaban J connectivity index is 0.00000324. The maximum atomic E-state index is 12.1. The Hall–Kier alpha value is -0.320. The van der Waals surface area contributed by atoms with Crippen molar-refractivity contribution in [3.05, 3.63) is 0 Å². The van der Waals surface area contributed by atoms with Gasteiger partial charge in [0.15, 0.2) is 0 Å². The van der Waals surface area contributed by atoms with Crippen LogP contribution < -0.4 is 5.32 Å². The molecule has 5 heteroatoms. The number of amides is 1. The van der Waals surface area contributed by atoms with Gasteiger partial charge in [0.05, 0.1) is 6.10 Å². The smallest absolute Gasteiger partial charge is 0.226 e. The van der Waals surface area contributed by atoms with Crippen LogP contribution in [0.3, 0.4) is 0 Å². The molecule has 0 aromatic heterocycles. The van der Waals surface area contributed by atoms with Gasteiger partial charge in [-0.05, 0) is 25.8 Å². The van der Waals surface area contributed by atoms with Crippen molar-refractivity contribution in [3.63, 3.8) is 0 Å². The van der Waals surface area contributed by atoms with Crippen LogP contribution in [0.4, 0.5) is 0 Å². The fraction of sp³-hybridized carbons (Fsp3) is 0.929. The summed E-state index contributed by atoms with van der Waals surface area (Å²) in [7, 11) is 1.88. The van der Waals surface area contributed by atoms with Crippen LogP contribution >= 0.6 is 12.4 Å². The van der Waals surface area contributed by atoms with Gasteiger partial charge in [-0.2, -0.15) is 0 Å². The van der Waals surface area contributed by atoms with Crippen LogP contribution in [0, 0.1) is 11.8 Å². The molecule has 1 amide bonds. The molecule has 0 aromatic carbocycles. The molecule has 1 fully saturated rings. The molecule has 1 saturated heterocycles. The summed E-state index contributed by atoms with van der Waals surface area (Å²) < 4.78 is 5.82. The summed E-state index contributed by atoms with van der Waals surface area (Å²) in [5.41, 5.74) is 0. The lowest BCUT2D eigenvalue weighted by atomic mass is 10.1. The van der Waals surface area contributed by atoms with Crippen molar-refractivity contribution < 1.29 is 9.53 Å². The molecular formula is C14H29ClN2O2. The lowest BCUT2D eigenvalue weighted by molar-refractivity contribution is -0.134. The van der Waals surface area contributed by atoms with Crippen molar-refractivity contribution in [2.45, 2.75) is 39.7 Å². The molecule has 0 radical (unpaired) electrons. The van der Waals surface area contributed by atoms with Gasteiger partial charge in [0.2, 0.25) is 5.91 Å². The fourth-order valence-corrected chi connectivity index (χ4v) is 2.24. The minimum absolute atomic E-state index is 0. The maximum Gasteiger partial charge on any atom is 0.226 e. The van der Waals surface area contributed by atoms with E-state index >= 15 is 0 Å². The summed E-state index contributed by atoms with van der Waals surface area (Å²) in [6, 6.07) is 0. The molecular weight excluding hydrogens is 264 g/mol. The second-order valence-electron chi connectivity index (χ2n) is 5.71. The van der Waals surface area contributed by atoms with Crippen molar-refractivity contribution in [2.24, 2.45) is 11.8 Å². The molecule has 0 bridgehead atoms. The summed E-state index contributed by atoms with van der Waals surface area (Å²) >= 11 is 0. The molecule has 0 aliphatic carbocycles. The van der Waals surface area contributed by atoms with E-state index in [2.05, 4.69) is 19.2 Å². The monoisotopic (exact) mass is 292 g/mol. The lowest BCUT2D eigenvalue weighted by Gasteiger charge is -2.21. The first-order valence-electron chi connectivity index (χ1n) is 7.09. The van der Waals surface area contributed by atoms with Crippen LogP contribution in [-0.4, -0.2) is 50.2 Å². The summed E-state index contributed by atoms with van der Waals surface area (Å²) in [6.45, 7) is 9.56. The SMILES string of the molecule is CNCC(C)C(=O)N1CCC(OCCC(C)C)C1.Cl. The van der Waals surface area contributed by atoms with E-state index in [0.717, 1.165) is 39.1 Å². The highest BCUT2D eigenvalue weighted by Crippen LogP contribution is 2.16. The standard InChI is InChI=1S/C14H28N2O2.ClH/c1-11(2)6-8-18-13-5-7-16(10-13)14(17)12(3)9-15-4;/h11-13,15H,5-10H2,1-4H3;1H. The number of rotatable bonds is 7. The van der Waals surface area contributed by atoms with Gasteiger partial charge < -0.3 is 15.0 Å². The van der Waals surface area contributed by atoms with Crippen LogP contribution in [0.15, 0.2) is 0 Å². The zero-order valence-electron chi connectivity index (χ0n) is 12.6. The third-order valence-corrected chi connectivity index (χ3v) is 3.44. The number of likely N-dealkylation sites (tertiary alicyclic amines) is 1. The van der Waals surface area contributed by atoms with Gasteiger partial charge >= 0.3 is 0 Å². The Morgan fingerprint density at radius 3 is 2.68 bits per heavy atom. The quantitative estimate of drug-likeness (QED) is 0.779. The van der Waals surface area contributed by atoms with Crippen molar-refractivity contribution in [1.29, 1.82) is 0 Å². The average molecular weight is 293 g/mol. The lowest BCUT2D eigenvalue weighted by Crippen LogP contribution is -2.37. The molecule has 114 valence electrons. The predicted octanol–water partition coefficient (Wildman–Crippen LogP) is 1.93. The highest BCUT2D eigenvalue weighted by Gasteiger charge is 2.29. The first-order valence-corrected chi connectivity index (χ1v) is 7.09. The first kappa shape index (κ1) is 18.7. The average Bonchev–Trinajstić information content (AvgIpc) is 2.76. The highest BCUT2D eigenvalue weighted by molar-refractivity contribution is 5.85. The van der Waals surface area contributed by atoms with Gasteiger partial charge in [-0.1, -0.05) is 20.8 Å². The van der Waals surface area contributed by atoms with Gasteiger partial charge in [0.25, 0.3) is 0 Å². The Morgan fingerprint density at radius 1 is 1.42 bits per heavy atom. The van der Waals surface area contributed by atoms with E-state index in [9.17, 15) is 4.79 Å². The zero-order chi connectivity index (χ0) is 13.5. The summed E-state index contributed by atoms with van der Waals surface area (Å²) in [4.78, 5) is 14.0. The van der Waals surface area contributed by atoms with Crippen molar-refractivity contribution >= 4 is 18.3 Å². The molecule has 19 heavy (non-hydrogen) atoms. The molecule has 1 heterocycles. The minimum Gasteiger partial charge on any atom is -0.376 e. The van der Waals surface area contributed by atoms with E-state index in [0.29, 0.717) is 5.92 Å². The van der Waals surface area contributed by atoms with Gasteiger partial charge in [0.1, 0.15) is 0 Å². The second kappa shape index (κ2) is 9.56. The van der Waals surface area contributed by atoms with Crippen molar-refractivity contribution in [2.75, 3.05) is 33.3 Å². The molecule has 1 N–H and O–H groups in total. The number of carbonyl (C=O) groups excluding carboxylic acids is 1. The summed E-state index contributed by atoms with van der Waals surface area (Å²) in [6.07, 6.45) is 2.32. The van der Waals surface area contributed by atoms with E-state index in [1.165, 1.54) is 0 Å². The molecule has 1 aliphatic heterocycles. The van der Waals surface area contributed by atoms with Crippen molar-refractivity contribution in [1.82, 2.24) is 10.2 Å². The third kappa shape index (κ3) is 6.59. The van der Waals surface area contributed by atoms with Crippen LogP contribution in [-0.2, 0) is 9.53 Å².